The van der Waals surface area contributed by atoms with Gasteiger partial charge in [-0.15, -0.1) is 0 Å². The second kappa shape index (κ2) is 13.4. The van der Waals surface area contributed by atoms with Crippen LogP contribution in [0.3, 0.4) is 0 Å². The van der Waals surface area contributed by atoms with Crippen molar-refractivity contribution in [3.8, 4) is 17.2 Å². The van der Waals surface area contributed by atoms with Gasteiger partial charge in [-0.2, -0.15) is 0 Å². The largest absolute Gasteiger partial charge is 0.493 e. The number of carbonyl (C=O) groups excluding carboxylic acids is 1. The van der Waals surface area contributed by atoms with Crippen LogP contribution in [0.4, 0.5) is 0 Å². The Balaban J connectivity index is 1.65. The SMILES string of the molecule is CCc1ccc(-n2c(C(CC)N(CCc3ccc(OC)c(OC)c3)C(=O)c3ccccc3)nc3ccccc3c2=O)cc1. The highest BCUT2D eigenvalue weighted by Gasteiger charge is 2.30. The number of rotatable bonds is 11. The summed E-state index contributed by atoms with van der Waals surface area (Å²) in [5.41, 5.74) is 3.92. The molecule has 5 rings (SSSR count). The summed E-state index contributed by atoms with van der Waals surface area (Å²) in [5.74, 6) is 1.69. The quantitative estimate of drug-likeness (QED) is 0.173. The highest BCUT2D eigenvalue weighted by Crippen LogP contribution is 2.30. The van der Waals surface area contributed by atoms with Crippen LogP contribution in [0.5, 0.6) is 11.5 Å². The molecule has 0 bridgehead atoms. The molecule has 0 radical (unpaired) electrons. The second-order valence-corrected chi connectivity index (χ2v) is 10.4. The van der Waals surface area contributed by atoms with E-state index >= 15 is 0 Å². The number of hydrogen-bond acceptors (Lipinski definition) is 5. The van der Waals surface area contributed by atoms with Crippen molar-refractivity contribution in [2.75, 3.05) is 20.8 Å². The van der Waals surface area contributed by atoms with Crippen molar-refractivity contribution in [2.24, 2.45) is 0 Å². The highest BCUT2D eigenvalue weighted by molar-refractivity contribution is 5.94. The number of carbonyl (C=O) groups is 1. The van der Waals surface area contributed by atoms with Gasteiger partial charge in [-0.3, -0.25) is 14.2 Å². The Morgan fingerprint density at radius 1 is 0.837 bits per heavy atom. The number of hydrogen-bond donors (Lipinski definition) is 0. The lowest BCUT2D eigenvalue weighted by atomic mass is 10.0. The van der Waals surface area contributed by atoms with Gasteiger partial charge in [0.2, 0.25) is 0 Å². The monoisotopic (exact) mass is 575 g/mol. The molecule has 7 nitrogen and oxygen atoms in total. The maximum atomic E-state index is 14.2. The number of aromatic nitrogens is 2. The molecule has 0 saturated carbocycles. The molecule has 1 atom stereocenters. The van der Waals surface area contributed by atoms with Crippen LogP contribution in [0.1, 0.15) is 53.6 Å². The first kappa shape index (κ1) is 29.6. The summed E-state index contributed by atoms with van der Waals surface area (Å²) in [6.07, 6.45) is 2.02. The van der Waals surface area contributed by atoms with Crippen molar-refractivity contribution in [2.45, 2.75) is 39.2 Å². The van der Waals surface area contributed by atoms with E-state index in [2.05, 4.69) is 6.92 Å². The summed E-state index contributed by atoms with van der Waals surface area (Å²) in [5, 5.41) is 0.534. The first-order chi connectivity index (χ1) is 21.0. The van der Waals surface area contributed by atoms with Crippen molar-refractivity contribution in [1.29, 1.82) is 0 Å². The molecule has 0 fully saturated rings. The van der Waals surface area contributed by atoms with Gasteiger partial charge in [0.25, 0.3) is 11.5 Å². The van der Waals surface area contributed by atoms with Gasteiger partial charge in [-0.1, -0.05) is 62.4 Å². The van der Waals surface area contributed by atoms with E-state index in [1.807, 2.05) is 103 Å². The Labute approximate surface area is 252 Å². The number of aryl methyl sites for hydroxylation is 1. The van der Waals surface area contributed by atoms with Crippen LogP contribution in [-0.4, -0.2) is 41.1 Å². The number of para-hydroxylation sites is 1. The van der Waals surface area contributed by atoms with E-state index in [0.717, 1.165) is 17.7 Å². The maximum Gasteiger partial charge on any atom is 0.266 e. The molecule has 1 heterocycles. The molecule has 0 aliphatic rings. The average molecular weight is 576 g/mol. The molecular weight excluding hydrogens is 538 g/mol. The van der Waals surface area contributed by atoms with E-state index in [-0.39, 0.29) is 11.5 Å². The van der Waals surface area contributed by atoms with Crippen LogP contribution < -0.4 is 15.0 Å². The fourth-order valence-corrected chi connectivity index (χ4v) is 5.48. The predicted octanol–water partition coefficient (Wildman–Crippen LogP) is 6.80. The molecular formula is C36H37N3O4. The number of fused-ring (bicyclic) bond motifs is 1. The topological polar surface area (TPSA) is 73.7 Å². The van der Waals surface area contributed by atoms with Crippen molar-refractivity contribution < 1.29 is 14.3 Å². The molecule has 1 amide bonds. The molecule has 0 N–H and O–H groups in total. The van der Waals surface area contributed by atoms with Gasteiger partial charge in [0.1, 0.15) is 5.82 Å². The highest BCUT2D eigenvalue weighted by atomic mass is 16.5. The molecule has 5 aromatic rings. The van der Waals surface area contributed by atoms with Crippen LogP contribution >= 0.6 is 0 Å². The van der Waals surface area contributed by atoms with E-state index in [1.54, 1.807) is 24.9 Å². The van der Waals surface area contributed by atoms with E-state index in [0.29, 0.717) is 53.2 Å². The zero-order valence-electron chi connectivity index (χ0n) is 25.1. The minimum absolute atomic E-state index is 0.122. The summed E-state index contributed by atoms with van der Waals surface area (Å²) < 4.78 is 12.6. The van der Waals surface area contributed by atoms with E-state index in [4.69, 9.17) is 14.5 Å². The standard InChI is InChI=1S/C36H37N3O4/c1-5-25-16-19-28(20-17-25)39-34(37-30-15-11-10-14-29(30)36(39)41)31(6-2)38(35(40)27-12-8-7-9-13-27)23-22-26-18-21-32(42-3)33(24-26)43-4/h7-21,24,31H,5-6,22-23H2,1-4H3. The second-order valence-electron chi connectivity index (χ2n) is 10.4. The molecule has 0 saturated heterocycles. The summed E-state index contributed by atoms with van der Waals surface area (Å²) in [6.45, 7) is 4.53. The number of benzene rings is 4. The smallest absolute Gasteiger partial charge is 0.266 e. The molecule has 220 valence electrons. The van der Waals surface area contributed by atoms with Gasteiger partial charge >= 0.3 is 0 Å². The maximum absolute atomic E-state index is 14.2. The molecule has 43 heavy (non-hydrogen) atoms. The Bertz CT molecular complexity index is 1760. The summed E-state index contributed by atoms with van der Waals surface area (Å²) >= 11 is 0. The van der Waals surface area contributed by atoms with Crippen molar-refractivity contribution in [3.63, 3.8) is 0 Å². The number of nitrogens with zero attached hydrogens (tertiary/aromatic N) is 3. The molecule has 0 aliphatic carbocycles. The first-order valence-electron chi connectivity index (χ1n) is 14.7. The molecule has 0 aliphatic heterocycles. The van der Waals surface area contributed by atoms with E-state index in [1.165, 1.54) is 5.56 Å². The third-order valence-electron chi connectivity index (χ3n) is 7.84. The molecule has 1 unspecified atom stereocenters. The third-order valence-corrected chi connectivity index (χ3v) is 7.84. The number of methoxy groups -OCH3 is 2. The van der Waals surface area contributed by atoms with Gasteiger partial charge < -0.3 is 14.4 Å². The summed E-state index contributed by atoms with van der Waals surface area (Å²) in [6, 6.07) is 29.9. The van der Waals surface area contributed by atoms with Crippen molar-refractivity contribution in [1.82, 2.24) is 14.5 Å². The van der Waals surface area contributed by atoms with Gasteiger partial charge in [0.05, 0.1) is 36.9 Å². The fourth-order valence-electron chi connectivity index (χ4n) is 5.48. The van der Waals surface area contributed by atoms with Crippen LogP contribution in [0.2, 0.25) is 0 Å². The van der Waals surface area contributed by atoms with Gasteiger partial charge in [0.15, 0.2) is 11.5 Å². The van der Waals surface area contributed by atoms with Gasteiger partial charge in [0, 0.05) is 12.1 Å². The number of ether oxygens (including phenoxy) is 2. The van der Waals surface area contributed by atoms with Crippen LogP contribution in [0, 0.1) is 0 Å². The Hall–Kier alpha value is -4.91. The minimum Gasteiger partial charge on any atom is -0.493 e. The lowest BCUT2D eigenvalue weighted by Gasteiger charge is -2.32. The van der Waals surface area contributed by atoms with Crippen LogP contribution in [-0.2, 0) is 12.8 Å². The van der Waals surface area contributed by atoms with Crippen LogP contribution in [0.25, 0.3) is 16.6 Å². The van der Waals surface area contributed by atoms with Crippen LogP contribution in [0.15, 0.2) is 102 Å². The molecule has 4 aromatic carbocycles. The molecule has 7 heteroatoms. The Morgan fingerprint density at radius 2 is 1.51 bits per heavy atom. The normalized spacial score (nSPS) is 11.7. The van der Waals surface area contributed by atoms with E-state index < -0.39 is 6.04 Å². The average Bonchev–Trinajstić information content (AvgIpc) is 3.06. The van der Waals surface area contributed by atoms with Gasteiger partial charge in [-0.25, -0.2) is 4.98 Å². The minimum atomic E-state index is -0.476. The predicted molar refractivity (Wildman–Crippen MR) is 170 cm³/mol. The fraction of sp³-hybridized carbons (Fsp3) is 0.250. The third kappa shape index (κ3) is 6.16. The van der Waals surface area contributed by atoms with E-state index in [9.17, 15) is 9.59 Å². The van der Waals surface area contributed by atoms with Crippen molar-refractivity contribution in [3.05, 3.63) is 130 Å². The lowest BCUT2D eigenvalue weighted by Crippen LogP contribution is -2.39. The zero-order valence-corrected chi connectivity index (χ0v) is 25.1. The number of amides is 1. The summed E-state index contributed by atoms with van der Waals surface area (Å²) in [4.78, 5) is 35.2. The zero-order chi connectivity index (χ0) is 30.3. The molecule has 1 aromatic heterocycles. The van der Waals surface area contributed by atoms with Crippen molar-refractivity contribution >= 4 is 16.8 Å². The summed E-state index contributed by atoms with van der Waals surface area (Å²) in [7, 11) is 3.22. The Morgan fingerprint density at radius 3 is 2.19 bits per heavy atom. The Kier molecular flexibility index (Phi) is 9.20. The molecule has 0 spiro atoms. The van der Waals surface area contributed by atoms with Gasteiger partial charge in [-0.05, 0) is 78.9 Å². The lowest BCUT2D eigenvalue weighted by molar-refractivity contribution is 0.0661. The first-order valence-corrected chi connectivity index (χ1v) is 14.7.